The molecule has 2 amide bonds. The highest BCUT2D eigenvalue weighted by molar-refractivity contribution is 5.87. The number of amides is 2. The van der Waals surface area contributed by atoms with Crippen LogP contribution < -0.4 is 10.1 Å². The summed E-state index contributed by atoms with van der Waals surface area (Å²) in [5, 5.41) is 15.6. The van der Waals surface area contributed by atoms with E-state index >= 15 is 0 Å². The Morgan fingerprint density at radius 3 is 2.31 bits per heavy atom. The van der Waals surface area contributed by atoms with Crippen molar-refractivity contribution in [2.75, 3.05) is 13.1 Å². The Morgan fingerprint density at radius 2 is 1.53 bits per heavy atom. The van der Waals surface area contributed by atoms with Gasteiger partial charge in [0.15, 0.2) is 6.10 Å². The number of hydrogen-bond donors (Lipinski definition) is 2. The normalized spacial score (nSPS) is 13.6. The molecule has 45 heavy (non-hydrogen) atoms. The molecule has 1 unspecified atom stereocenters. The number of carbonyl (C=O) groups excluding carboxylic acids is 3. The van der Waals surface area contributed by atoms with E-state index in [1.54, 1.807) is 6.07 Å². The van der Waals surface area contributed by atoms with E-state index in [2.05, 4.69) is 5.32 Å². The summed E-state index contributed by atoms with van der Waals surface area (Å²) in [6.45, 7) is 3.82. The van der Waals surface area contributed by atoms with Crippen molar-refractivity contribution in [3.63, 3.8) is 0 Å². The van der Waals surface area contributed by atoms with Crippen molar-refractivity contribution in [2.24, 2.45) is 5.92 Å². The van der Waals surface area contributed by atoms with Gasteiger partial charge in [-0.15, -0.1) is 0 Å². The van der Waals surface area contributed by atoms with Crippen LogP contribution in [0.2, 0.25) is 0 Å². The van der Waals surface area contributed by atoms with Crippen LogP contribution in [0.15, 0.2) is 91.0 Å². The quantitative estimate of drug-likeness (QED) is 0.160. The van der Waals surface area contributed by atoms with Gasteiger partial charge in [-0.25, -0.2) is 14.4 Å². The summed E-state index contributed by atoms with van der Waals surface area (Å²) in [6, 6.07) is 27.1. The number of aliphatic hydroxyl groups is 1. The second-order valence-corrected chi connectivity index (χ2v) is 12.0. The topological polar surface area (TPSA) is 105 Å². The van der Waals surface area contributed by atoms with Gasteiger partial charge in [0, 0.05) is 13.0 Å². The van der Waals surface area contributed by atoms with Crippen molar-refractivity contribution < 1.29 is 29.0 Å². The molecule has 1 aliphatic carbocycles. The van der Waals surface area contributed by atoms with Crippen LogP contribution in [-0.4, -0.2) is 53.2 Å². The molecule has 0 radical (unpaired) electrons. The Kier molecular flexibility index (Phi) is 10.5. The molecule has 5 rings (SSSR count). The predicted octanol–water partition coefficient (Wildman–Crippen LogP) is 5.62. The van der Waals surface area contributed by atoms with E-state index in [0.29, 0.717) is 5.75 Å². The molecule has 4 aromatic rings. The van der Waals surface area contributed by atoms with Gasteiger partial charge in [-0.1, -0.05) is 92.7 Å². The number of rotatable bonds is 12. The monoisotopic (exact) mass is 608 g/mol. The number of ether oxygens (including phenoxy) is 2. The lowest BCUT2D eigenvalue weighted by Crippen LogP contribution is -2.53. The second kappa shape index (κ2) is 14.9. The highest BCUT2D eigenvalue weighted by Gasteiger charge is 2.29. The largest absolute Gasteiger partial charge is 0.459 e. The predicted molar refractivity (Wildman–Crippen MR) is 173 cm³/mol. The molecule has 4 aromatic carbocycles. The van der Waals surface area contributed by atoms with Crippen LogP contribution in [0.4, 0.5) is 4.79 Å². The molecule has 0 spiro atoms. The minimum absolute atomic E-state index is 0.00940. The fourth-order valence-electron chi connectivity index (χ4n) is 5.62. The van der Waals surface area contributed by atoms with Gasteiger partial charge in [0.05, 0.1) is 6.54 Å². The van der Waals surface area contributed by atoms with Crippen LogP contribution in [0.3, 0.4) is 0 Å². The van der Waals surface area contributed by atoms with Crippen molar-refractivity contribution in [1.29, 1.82) is 0 Å². The van der Waals surface area contributed by atoms with Gasteiger partial charge in [-0.3, -0.25) is 0 Å². The molecule has 0 aromatic heterocycles. The van der Waals surface area contributed by atoms with E-state index in [0.717, 1.165) is 41.2 Å². The molecule has 8 heteroatoms. The van der Waals surface area contributed by atoms with E-state index in [1.165, 1.54) is 16.0 Å². The molecule has 0 aliphatic heterocycles. The summed E-state index contributed by atoms with van der Waals surface area (Å²) in [7, 11) is 0. The van der Waals surface area contributed by atoms with E-state index in [1.807, 2.05) is 98.8 Å². The number of esters is 2. The van der Waals surface area contributed by atoms with Crippen molar-refractivity contribution in [1.82, 2.24) is 10.2 Å². The first kappa shape index (κ1) is 31.7. The highest BCUT2D eigenvalue weighted by atomic mass is 16.5. The van der Waals surface area contributed by atoms with Crippen LogP contribution in [0.5, 0.6) is 5.75 Å². The van der Waals surface area contributed by atoms with Crippen molar-refractivity contribution in [3.8, 4) is 5.75 Å². The maximum Gasteiger partial charge on any atom is 0.337 e. The zero-order valence-electron chi connectivity index (χ0n) is 25.8. The number of fused-ring (bicyclic) bond motifs is 2. The average molecular weight is 609 g/mol. The summed E-state index contributed by atoms with van der Waals surface area (Å²) in [6.07, 6.45) is 1.66. The molecule has 0 fully saturated rings. The molecule has 1 aliphatic rings. The Labute approximate surface area is 264 Å². The molecule has 0 bridgehead atoms. The fourth-order valence-corrected chi connectivity index (χ4v) is 5.62. The van der Waals surface area contributed by atoms with Crippen molar-refractivity contribution in [2.45, 2.75) is 58.3 Å². The third-order valence-electron chi connectivity index (χ3n) is 7.89. The lowest BCUT2D eigenvalue weighted by molar-refractivity contribution is -0.155. The standard InChI is InChI=1S/C37H40N2O6/c1-25(2)22-39(23-34(40)36(42)44-24-26-9-4-3-5-10-26)37(43)38-33(20-27-15-16-28-11-6-7-12-30(28)19-27)35(41)45-32-18-17-29-13-8-14-31(29)21-32/h3-7,9-12,15-19,21,25,33-34,40H,8,13-14,20,22-24H2,1-2H3,(H,38,43)/t33-,34?/m0/s1. The summed E-state index contributed by atoms with van der Waals surface area (Å²) in [5.74, 6) is -0.958. The maximum atomic E-state index is 13.7. The summed E-state index contributed by atoms with van der Waals surface area (Å²) < 4.78 is 11.1. The van der Waals surface area contributed by atoms with E-state index < -0.39 is 30.1 Å². The number of carbonyl (C=O) groups is 3. The third-order valence-corrected chi connectivity index (χ3v) is 7.89. The molecule has 2 atom stereocenters. The minimum atomic E-state index is -1.56. The number of hydrogen-bond acceptors (Lipinski definition) is 6. The number of nitrogens with one attached hydrogen (secondary N) is 1. The zero-order chi connectivity index (χ0) is 31.8. The van der Waals surface area contributed by atoms with Gasteiger partial charge in [0.1, 0.15) is 18.4 Å². The van der Waals surface area contributed by atoms with Crippen LogP contribution in [0, 0.1) is 5.92 Å². The van der Waals surface area contributed by atoms with E-state index in [4.69, 9.17) is 9.47 Å². The minimum Gasteiger partial charge on any atom is -0.459 e. The zero-order valence-corrected chi connectivity index (χ0v) is 25.8. The molecular formula is C37H40N2O6. The van der Waals surface area contributed by atoms with Gasteiger partial charge in [0.25, 0.3) is 0 Å². The lowest BCUT2D eigenvalue weighted by Gasteiger charge is -2.28. The third kappa shape index (κ3) is 8.70. The molecule has 0 saturated heterocycles. The average Bonchev–Trinajstić information content (AvgIpc) is 3.51. The first-order valence-electron chi connectivity index (χ1n) is 15.5. The Balaban J connectivity index is 1.31. The number of benzene rings is 4. The van der Waals surface area contributed by atoms with Gasteiger partial charge >= 0.3 is 18.0 Å². The Morgan fingerprint density at radius 1 is 0.800 bits per heavy atom. The smallest absolute Gasteiger partial charge is 0.337 e. The van der Waals surface area contributed by atoms with Crippen LogP contribution >= 0.6 is 0 Å². The molecule has 8 nitrogen and oxygen atoms in total. The van der Waals surface area contributed by atoms with Crippen molar-refractivity contribution >= 4 is 28.7 Å². The molecule has 234 valence electrons. The summed E-state index contributed by atoms with van der Waals surface area (Å²) in [5.41, 5.74) is 4.07. The fraction of sp³-hybridized carbons (Fsp3) is 0.324. The SMILES string of the molecule is CC(C)CN(CC(O)C(=O)OCc1ccccc1)C(=O)N[C@@H](Cc1ccc2ccccc2c1)C(=O)Oc1ccc2c(c1)CCC2. The highest BCUT2D eigenvalue weighted by Crippen LogP contribution is 2.26. The Bertz CT molecular complexity index is 1640. The van der Waals surface area contributed by atoms with Crippen molar-refractivity contribution in [3.05, 3.63) is 113 Å². The first-order valence-corrected chi connectivity index (χ1v) is 15.5. The number of nitrogens with zero attached hydrogens (tertiary/aromatic N) is 1. The molecule has 0 heterocycles. The van der Waals surface area contributed by atoms with Crippen LogP contribution in [0.25, 0.3) is 10.8 Å². The maximum absolute atomic E-state index is 13.7. The molecule has 2 N–H and O–H groups in total. The lowest BCUT2D eigenvalue weighted by atomic mass is 10.0. The molecular weight excluding hydrogens is 568 g/mol. The van der Waals surface area contributed by atoms with Gasteiger partial charge < -0.3 is 24.8 Å². The van der Waals surface area contributed by atoms with Gasteiger partial charge in [-0.2, -0.15) is 0 Å². The number of urea groups is 1. The van der Waals surface area contributed by atoms with Crippen LogP contribution in [0.1, 0.15) is 42.5 Å². The van der Waals surface area contributed by atoms with Gasteiger partial charge in [-0.05, 0) is 70.3 Å². The molecule has 0 saturated carbocycles. The summed E-state index contributed by atoms with van der Waals surface area (Å²) >= 11 is 0. The van der Waals surface area contributed by atoms with E-state index in [-0.39, 0.29) is 32.0 Å². The summed E-state index contributed by atoms with van der Waals surface area (Å²) in [4.78, 5) is 41.3. The van der Waals surface area contributed by atoms with Crippen LogP contribution in [-0.2, 0) is 40.2 Å². The van der Waals surface area contributed by atoms with Gasteiger partial charge in [0.2, 0.25) is 0 Å². The first-order chi connectivity index (χ1) is 21.7. The second-order valence-electron chi connectivity index (χ2n) is 12.0. The Hall–Kier alpha value is -4.69. The number of aryl methyl sites for hydroxylation is 2. The van der Waals surface area contributed by atoms with E-state index in [9.17, 15) is 19.5 Å². The number of aliphatic hydroxyl groups excluding tert-OH is 1.